The molecule has 4 nitrogen and oxygen atoms in total. The number of hydrogen-bond acceptors (Lipinski definition) is 4. The van der Waals surface area contributed by atoms with Gasteiger partial charge in [-0.2, -0.15) is 0 Å². The van der Waals surface area contributed by atoms with Gasteiger partial charge in [0.2, 0.25) is 0 Å². The van der Waals surface area contributed by atoms with Crippen molar-refractivity contribution >= 4 is 18.6 Å². The number of carboxylic acids is 1. The predicted octanol–water partition coefficient (Wildman–Crippen LogP) is 1.08. The molecule has 0 fully saturated rings. The minimum atomic E-state index is -1.24. The first-order valence-electron chi connectivity index (χ1n) is 3.00. The first kappa shape index (κ1) is 8.73. The van der Waals surface area contributed by atoms with Gasteiger partial charge in [-0.25, -0.2) is 4.79 Å². The minimum Gasteiger partial charge on any atom is -0.508 e. The Bertz CT molecular complexity index is 334. The largest absolute Gasteiger partial charge is 0.508 e. The summed E-state index contributed by atoms with van der Waals surface area (Å²) in [5.41, 5.74) is -0.226. The van der Waals surface area contributed by atoms with Crippen molar-refractivity contribution < 1.29 is 20.1 Å². The third-order valence-electron chi connectivity index (χ3n) is 1.30. The Morgan fingerprint density at radius 2 is 1.92 bits per heavy atom. The molecule has 0 aromatic heterocycles. The standard InChI is InChI=1S/C7H6O4S/c8-3-1-4(7(10)11)6(12)5(9)2-3/h1-2,8-9,12H,(H,10,11). The second kappa shape index (κ2) is 2.94. The van der Waals surface area contributed by atoms with E-state index in [1.807, 2.05) is 0 Å². The van der Waals surface area contributed by atoms with Crippen LogP contribution in [0.2, 0.25) is 0 Å². The molecule has 1 aromatic carbocycles. The van der Waals surface area contributed by atoms with Crippen LogP contribution >= 0.6 is 12.6 Å². The van der Waals surface area contributed by atoms with Crippen LogP contribution in [-0.4, -0.2) is 21.3 Å². The molecule has 0 aliphatic heterocycles. The Hall–Kier alpha value is -1.36. The summed E-state index contributed by atoms with van der Waals surface area (Å²) in [6.45, 7) is 0. The van der Waals surface area contributed by atoms with E-state index in [1.54, 1.807) is 0 Å². The topological polar surface area (TPSA) is 77.8 Å². The highest BCUT2D eigenvalue weighted by atomic mass is 32.1. The lowest BCUT2D eigenvalue weighted by Gasteiger charge is -2.02. The van der Waals surface area contributed by atoms with Gasteiger partial charge in [-0.3, -0.25) is 0 Å². The first-order valence-corrected chi connectivity index (χ1v) is 3.45. The van der Waals surface area contributed by atoms with E-state index in [0.29, 0.717) is 0 Å². The molecule has 0 atom stereocenters. The molecular formula is C7H6O4S. The third kappa shape index (κ3) is 1.45. The Morgan fingerprint density at radius 3 is 2.42 bits per heavy atom. The molecule has 1 aromatic rings. The maximum atomic E-state index is 10.5. The van der Waals surface area contributed by atoms with Crippen LogP contribution < -0.4 is 0 Å². The van der Waals surface area contributed by atoms with E-state index in [9.17, 15) is 4.79 Å². The normalized spacial score (nSPS) is 9.75. The number of carboxylic acid groups (broad SMARTS) is 1. The number of hydrogen-bond donors (Lipinski definition) is 4. The summed E-state index contributed by atoms with van der Waals surface area (Å²) < 4.78 is 0. The smallest absolute Gasteiger partial charge is 0.337 e. The van der Waals surface area contributed by atoms with Crippen LogP contribution in [0.5, 0.6) is 11.5 Å². The van der Waals surface area contributed by atoms with E-state index in [1.165, 1.54) is 0 Å². The Balaban J connectivity index is 3.37. The highest BCUT2D eigenvalue weighted by Crippen LogP contribution is 2.29. The molecule has 0 aliphatic rings. The monoisotopic (exact) mass is 186 g/mol. The number of phenolic OH excluding ortho intramolecular Hbond substituents is 2. The van der Waals surface area contributed by atoms with Gasteiger partial charge >= 0.3 is 5.97 Å². The molecule has 0 bridgehead atoms. The Kier molecular flexibility index (Phi) is 2.14. The number of benzene rings is 1. The molecule has 12 heavy (non-hydrogen) atoms. The summed E-state index contributed by atoms with van der Waals surface area (Å²) >= 11 is 3.76. The van der Waals surface area contributed by atoms with Crippen LogP contribution in [0.4, 0.5) is 0 Å². The lowest BCUT2D eigenvalue weighted by Crippen LogP contribution is -1.97. The van der Waals surface area contributed by atoms with E-state index < -0.39 is 5.97 Å². The van der Waals surface area contributed by atoms with Gasteiger partial charge in [-0.15, -0.1) is 12.6 Å². The summed E-state index contributed by atoms with van der Waals surface area (Å²) in [7, 11) is 0. The van der Waals surface area contributed by atoms with Gasteiger partial charge in [0.05, 0.1) is 10.5 Å². The number of thiol groups is 1. The molecule has 0 saturated heterocycles. The van der Waals surface area contributed by atoms with Crippen molar-refractivity contribution in [2.24, 2.45) is 0 Å². The van der Waals surface area contributed by atoms with Crippen LogP contribution in [0.25, 0.3) is 0 Å². The molecular weight excluding hydrogens is 180 g/mol. The van der Waals surface area contributed by atoms with Crippen molar-refractivity contribution in [2.75, 3.05) is 0 Å². The van der Waals surface area contributed by atoms with Gasteiger partial charge in [0.25, 0.3) is 0 Å². The van der Waals surface area contributed by atoms with E-state index in [-0.39, 0.29) is 22.0 Å². The molecule has 64 valence electrons. The van der Waals surface area contributed by atoms with Crippen molar-refractivity contribution in [3.05, 3.63) is 17.7 Å². The highest BCUT2D eigenvalue weighted by Gasteiger charge is 2.12. The van der Waals surface area contributed by atoms with Crippen LogP contribution in [0.15, 0.2) is 17.0 Å². The number of carbonyl (C=O) groups is 1. The van der Waals surface area contributed by atoms with Gasteiger partial charge in [0.15, 0.2) is 0 Å². The predicted molar refractivity (Wildman–Crippen MR) is 44.0 cm³/mol. The van der Waals surface area contributed by atoms with E-state index >= 15 is 0 Å². The van der Waals surface area contributed by atoms with Crippen molar-refractivity contribution in [2.45, 2.75) is 4.90 Å². The van der Waals surface area contributed by atoms with Crippen molar-refractivity contribution in [1.29, 1.82) is 0 Å². The van der Waals surface area contributed by atoms with Crippen molar-refractivity contribution in [1.82, 2.24) is 0 Å². The van der Waals surface area contributed by atoms with Crippen LogP contribution in [0, 0.1) is 0 Å². The van der Waals surface area contributed by atoms with E-state index in [0.717, 1.165) is 12.1 Å². The fraction of sp³-hybridized carbons (Fsp3) is 0. The van der Waals surface area contributed by atoms with Crippen LogP contribution in [0.3, 0.4) is 0 Å². The quantitative estimate of drug-likeness (QED) is 0.495. The number of rotatable bonds is 1. The minimum absolute atomic E-state index is 0.0553. The molecule has 3 N–H and O–H groups in total. The summed E-state index contributed by atoms with van der Waals surface area (Å²) in [4.78, 5) is 10.4. The fourth-order valence-electron chi connectivity index (χ4n) is 0.767. The molecule has 1 rings (SSSR count). The zero-order valence-electron chi connectivity index (χ0n) is 5.85. The van der Waals surface area contributed by atoms with Gasteiger partial charge in [-0.05, 0) is 6.07 Å². The van der Waals surface area contributed by atoms with Gasteiger partial charge in [-0.1, -0.05) is 0 Å². The Labute approximate surface area is 73.5 Å². The van der Waals surface area contributed by atoms with E-state index in [2.05, 4.69) is 12.6 Å². The number of aromatic hydroxyl groups is 2. The highest BCUT2D eigenvalue weighted by molar-refractivity contribution is 7.80. The van der Waals surface area contributed by atoms with Crippen molar-refractivity contribution in [3.8, 4) is 11.5 Å². The van der Waals surface area contributed by atoms with Gasteiger partial charge in [0, 0.05) is 6.07 Å². The summed E-state index contributed by atoms with van der Waals surface area (Å²) in [5.74, 6) is -1.90. The molecule has 0 amide bonds. The van der Waals surface area contributed by atoms with Crippen LogP contribution in [-0.2, 0) is 0 Å². The maximum absolute atomic E-state index is 10.5. The average Bonchev–Trinajstić information content (AvgIpc) is 1.96. The zero-order valence-corrected chi connectivity index (χ0v) is 6.75. The molecule has 0 aliphatic carbocycles. The fourth-order valence-corrected chi connectivity index (χ4v) is 0.992. The summed E-state index contributed by atoms with van der Waals surface area (Å²) in [6.07, 6.45) is 0. The summed E-state index contributed by atoms with van der Waals surface area (Å²) in [6, 6.07) is 2.04. The number of phenols is 2. The molecule has 0 spiro atoms. The average molecular weight is 186 g/mol. The third-order valence-corrected chi connectivity index (χ3v) is 1.77. The second-order valence-electron chi connectivity index (χ2n) is 2.17. The van der Waals surface area contributed by atoms with Crippen molar-refractivity contribution in [3.63, 3.8) is 0 Å². The van der Waals surface area contributed by atoms with Crippen LogP contribution in [0.1, 0.15) is 10.4 Å². The van der Waals surface area contributed by atoms with Gasteiger partial charge < -0.3 is 15.3 Å². The maximum Gasteiger partial charge on any atom is 0.337 e. The molecule has 0 unspecified atom stereocenters. The molecule has 0 saturated carbocycles. The van der Waals surface area contributed by atoms with Gasteiger partial charge in [0.1, 0.15) is 11.5 Å². The Morgan fingerprint density at radius 1 is 1.33 bits per heavy atom. The number of aromatic carboxylic acids is 1. The molecule has 5 heteroatoms. The SMILES string of the molecule is O=C(O)c1cc(O)cc(O)c1S. The zero-order chi connectivity index (χ0) is 9.30. The van der Waals surface area contributed by atoms with E-state index in [4.69, 9.17) is 15.3 Å². The lowest BCUT2D eigenvalue weighted by atomic mass is 10.2. The first-order chi connectivity index (χ1) is 5.52. The molecule has 0 radical (unpaired) electrons. The molecule has 0 heterocycles. The summed E-state index contributed by atoms with van der Waals surface area (Å²) in [5, 5.41) is 26.5. The lowest BCUT2D eigenvalue weighted by molar-refractivity contribution is 0.0692. The second-order valence-corrected chi connectivity index (χ2v) is 2.61.